The molecule has 0 atom stereocenters. The van der Waals surface area contributed by atoms with Crippen LogP contribution in [0.1, 0.15) is 11.1 Å². The summed E-state index contributed by atoms with van der Waals surface area (Å²) in [5, 5.41) is 1.83. The summed E-state index contributed by atoms with van der Waals surface area (Å²) in [5.41, 5.74) is 3.31. The van der Waals surface area contributed by atoms with E-state index in [4.69, 9.17) is 21.1 Å². The molecule has 0 fully saturated rings. The third-order valence-corrected chi connectivity index (χ3v) is 5.21. The lowest BCUT2D eigenvalue weighted by Gasteiger charge is -2.22. The van der Waals surface area contributed by atoms with E-state index in [9.17, 15) is 4.79 Å². The maximum atomic E-state index is 13.0. The first-order valence-electron chi connectivity index (χ1n) is 9.69. The number of hydrogen-bond donors (Lipinski definition) is 0. The SMILES string of the molecule is COCCN(CCOC)C(=O)Cc1cn(Cc2ccc(Cl)cc2)c2ccccc12. The number of carbonyl (C=O) groups is 1. The molecule has 3 aromatic rings. The molecule has 1 amide bonds. The van der Waals surface area contributed by atoms with Gasteiger partial charge < -0.3 is 18.9 Å². The van der Waals surface area contributed by atoms with Gasteiger partial charge in [0.15, 0.2) is 0 Å². The summed E-state index contributed by atoms with van der Waals surface area (Å²) in [5.74, 6) is 0.0773. The van der Waals surface area contributed by atoms with E-state index in [1.54, 1.807) is 19.1 Å². The molecule has 0 radical (unpaired) electrons. The minimum Gasteiger partial charge on any atom is -0.383 e. The molecule has 0 unspecified atom stereocenters. The molecule has 0 aliphatic heterocycles. The van der Waals surface area contributed by atoms with E-state index in [1.807, 2.05) is 36.4 Å². The number of rotatable bonds is 10. The van der Waals surface area contributed by atoms with Crippen LogP contribution in [0.2, 0.25) is 5.02 Å². The number of ether oxygens (including phenoxy) is 2. The smallest absolute Gasteiger partial charge is 0.227 e. The van der Waals surface area contributed by atoms with Gasteiger partial charge in [-0.25, -0.2) is 0 Å². The van der Waals surface area contributed by atoms with E-state index in [1.165, 1.54) is 0 Å². The molecule has 0 spiro atoms. The lowest BCUT2D eigenvalue weighted by atomic mass is 10.1. The molecule has 3 rings (SSSR count). The van der Waals surface area contributed by atoms with Gasteiger partial charge in [-0.1, -0.05) is 41.9 Å². The fourth-order valence-corrected chi connectivity index (χ4v) is 3.55. The van der Waals surface area contributed by atoms with Crippen molar-refractivity contribution in [1.82, 2.24) is 9.47 Å². The van der Waals surface area contributed by atoms with Crippen LogP contribution in [-0.4, -0.2) is 55.9 Å². The van der Waals surface area contributed by atoms with E-state index in [0.717, 1.165) is 33.6 Å². The number of para-hydroxylation sites is 1. The number of benzene rings is 2. The number of amides is 1. The normalized spacial score (nSPS) is 11.1. The first kappa shape index (κ1) is 21.4. The molecule has 0 aliphatic carbocycles. The second-order valence-corrected chi connectivity index (χ2v) is 7.41. The predicted octanol–water partition coefficient (Wildman–Crippen LogP) is 4.01. The molecule has 0 aliphatic rings. The monoisotopic (exact) mass is 414 g/mol. The highest BCUT2D eigenvalue weighted by atomic mass is 35.5. The van der Waals surface area contributed by atoms with Gasteiger partial charge in [-0.05, 0) is 29.3 Å². The Labute approximate surface area is 176 Å². The number of halogens is 1. The highest BCUT2D eigenvalue weighted by Crippen LogP contribution is 2.24. The van der Waals surface area contributed by atoms with E-state index >= 15 is 0 Å². The Balaban J connectivity index is 1.83. The minimum absolute atomic E-state index is 0.0773. The minimum atomic E-state index is 0.0773. The maximum absolute atomic E-state index is 13.0. The zero-order valence-electron chi connectivity index (χ0n) is 16.9. The fraction of sp³-hybridized carbons (Fsp3) is 0.348. The van der Waals surface area contributed by atoms with Crippen LogP contribution in [0, 0.1) is 0 Å². The van der Waals surface area contributed by atoms with E-state index in [0.29, 0.717) is 32.7 Å². The zero-order valence-corrected chi connectivity index (χ0v) is 17.7. The zero-order chi connectivity index (χ0) is 20.6. The van der Waals surface area contributed by atoms with Crippen LogP contribution in [0.4, 0.5) is 0 Å². The average molecular weight is 415 g/mol. The van der Waals surface area contributed by atoms with Gasteiger partial charge in [-0.2, -0.15) is 0 Å². The molecule has 154 valence electrons. The number of methoxy groups -OCH3 is 2. The molecule has 29 heavy (non-hydrogen) atoms. The van der Waals surface area contributed by atoms with Crippen molar-refractivity contribution in [2.45, 2.75) is 13.0 Å². The fourth-order valence-electron chi connectivity index (χ4n) is 3.42. The summed E-state index contributed by atoms with van der Waals surface area (Å²) in [6.07, 6.45) is 2.43. The van der Waals surface area contributed by atoms with E-state index < -0.39 is 0 Å². The van der Waals surface area contributed by atoms with Crippen molar-refractivity contribution in [3.8, 4) is 0 Å². The summed E-state index contributed by atoms with van der Waals surface area (Å²) in [4.78, 5) is 14.8. The Hall–Kier alpha value is -2.34. The maximum Gasteiger partial charge on any atom is 0.227 e. The number of aromatic nitrogens is 1. The van der Waals surface area contributed by atoms with E-state index in [-0.39, 0.29) is 5.91 Å². The van der Waals surface area contributed by atoms with Crippen LogP contribution in [0.25, 0.3) is 10.9 Å². The van der Waals surface area contributed by atoms with Crippen LogP contribution in [0.5, 0.6) is 0 Å². The van der Waals surface area contributed by atoms with Crippen molar-refractivity contribution in [3.05, 3.63) is 70.9 Å². The van der Waals surface area contributed by atoms with Gasteiger partial charge in [0.05, 0.1) is 19.6 Å². The molecule has 2 aromatic carbocycles. The van der Waals surface area contributed by atoms with Gasteiger partial charge in [0, 0.05) is 56.0 Å². The third kappa shape index (κ3) is 5.60. The molecule has 0 bridgehead atoms. The van der Waals surface area contributed by atoms with Crippen LogP contribution < -0.4 is 0 Å². The Kier molecular flexibility index (Phi) is 7.69. The van der Waals surface area contributed by atoms with Crippen molar-refractivity contribution < 1.29 is 14.3 Å². The summed E-state index contributed by atoms with van der Waals surface area (Å²) in [7, 11) is 3.28. The largest absolute Gasteiger partial charge is 0.383 e. The molecule has 6 heteroatoms. The summed E-state index contributed by atoms with van der Waals surface area (Å²) in [6.45, 7) is 2.86. The van der Waals surface area contributed by atoms with Crippen molar-refractivity contribution in [2.75, 3.05) is 40.5 Å². The molecule has 1 aromatic heterocycles. The van der Waals surface area contributed by atoms with Gasteiger partial charge in [-0.15, -0.1) is 0 Å². The number of nitrogens with zero attached hydrogens (tertiary/aromatic N) is 2. The highest BCUT2D eigenvalue weighted by Gasteiger charge is 2.17. The highest BCUT2D eigenvalue weighted by molar-refractivity contribution is 6.30. The predicted molar refractivity (Wildman–Crippen MR) is 117 cm³/mol. The van der Waals surface area contributed by atoms with E-state index in [2.05, 4.69) is 22.9 Å². The second-order valence-electron chi connectivity index (χ2n) is 6.97. The van der Waals surface area contributed by atoms with Crippen LogP contribution in [0.15, 0.2) is 54.7 Å². The lowest BCUT2D eigenvalue weighted by molar-refractivity contribution is -0.131. The number of carbonyl (C=O) groups excluding carboxylic acids is 1. The number of hydrogen-bond acceptors (Lipinski definition) is 3. The van der Waals surface area contributed by atoms with Crippen molar-refractivity contribution in [1.29, 1.82) is 0 Å². The molecular weight excluding hydrogens is 388 g/mol. The lowest BCUT2D eigenvalue weighted by Crippen LogP contribution is -2.37. The first-order chi connectivity index (χ1) is 14.1. The topological polar surface area (TPSA) is 43.7 Å². The third-order valence-electron chi connectivity index (χ3n) is 4.96. The molecule has 1 heterocycles. The van der Waals surface area contributed by atoms with Crippen molar-refractivity contribution >= 4 is 28.4 Å². The Morgan fingerprint density at radius 2 is 1.66 bits per heavy atom. The van der Waals surface area contributed by atoms with Crippen LogP contribution in [0.3, 0.4) is 0 Å². The van der Waals surface area contributed by atoms with Crippen molar-refractivity contribution in [2.24, 2.45) is 0 Å². The molecular formula is C23H27ClN2O3. The van der Waals surface area contributed by atoms with Gasteiger partial charge >= 0.3 is 0 Å². The Bertz CT molecular complexity index is 929. The Morgan fingerprint density at radius 3 is 2.31 bits per heavy atom. The quantitative estimate of drug-likeness (QED) is 0.503. The standard InChI is InChI=1S/C23H27ClN2O3/c1-28-13-11-25(12-14-29-2)23(27)15-19-17-26(22-6-4-3-5-21(19)22)16-18-7-9-20(24)10-8-18/h3-10,17H,11-16H2,1-2H3. The van der Waals surface area contributed by atoms with Crippen molar-refractivity contribution in [3.63, 3.8) is 0 Å². The summed E-state index contributed by atoms with van der Waals surface area (Å²) >= 11 is 6.01. The molecule has 0 N–H and O–H groups in total. The Morgan fingerprint density at radius 1 is 1.00 bits per heavy atom. The van der Waals surface area contributed by atoms with Gasteiger partial charge in [0.1, 0.15) is 0 Å². The molecule has 0 saturated heterocycles. The second kappa shape index (κ2) is 10.4. The van der Waals surface area contributed by atoms with Crippen LogP contribution >= 0.6 is 11.6 Å². The summed E-state index contributed by atoms with van der Waals surface area (Å²) in [6, 6.07) is 16.1. The van der Waals surface area contributed by atoms with Gasteiger partial charge in [0.2, 0.25) is 5.91 Å². The molecule has 0 saturated carbocycles. The summed E-state index contributed by atoms with van der Waals surface area (Å²) < 4.78 is 12.5. The molecule has 5 nitrogen and oxygen atoms in total. The first-order valence-corrected chi connectivity index (χ1v) is 10.1. The van der Waals surface area contributed by atoms with Gasteiger partial charge in [-0.3, -0.25) is 4.79 Å². The number of fused-ring (bicyclic) bond motifs is 1. The van der Waals surface area contributed by atoms with Crippen LogP contribution in [-0.2, 0) is 27.2 Å². The average Bonchev–Trinajstić information content (AvgIpc) is 3.07. The van der Waals surface area contributed by atoms with Gasteiger partial charge in [0.25, 0.3) is 0 Å².